The Labute approximate surface area is 143 Å². The van der Waals surface area contributed by atoms with Gasteiger partial charge in [-0.3, -0.25) is 4.79 Å². The molecule has 126 valence electrons. The van der Waals surface area contributed by atoms with Crippen molar-refractivity contribution in [3.05, 3.63) is 83.8 Å². The number of anilines is 1. The number of carboxylic acid groups (broad SMARTS) is 1. The van der Waals surface area contributed by atoms with Gasteiger partial charge in [-0.1, -0.05) is 36.4 Å². The lowest BCUT2D eigenvalue weighted by Crippen LogP contribution is -2.13. The molecule has 3 aromatic rings. The highest BCUT2D eigenvalue weighted by atomic mass is 16.5. The SMILES string of the molecule is O=C(O)c1coc(C(=O)Nc2ccccc2COc2ccccc2)c1. The van der Waals surface area contributed by atoms with Crippen molar-refractivity contribution in [2.75, 3.05) is 5.32 Å². The Hall–Kier alpha value is -3.54. The molecule has 1 heterocycles. The highest BCUT2D eigenvalue weighted by molar-refractivity contribution is 6.04. The first kappa shape index (κ1) is 16.3. The quantitative estimate of drug-likeness (QED) is 0.714. The number of hydrogen-bond donors (Lipinski definition) is 2. The Kier molecular flexibility index (Phi) is 4.80. The number of ether oxygens (including phenoxy) is 1. The molecule has 6 heteroatoms. The van der Waals surface area contributed by atoms with Crippen molar-refractivity contribution in [2.24, 2.45) is 0 Å². The van der Waals surface area contributed by atoms with Crippen molar-refractivity contribution in [2.45, 2.75) is 6.61 Å². The third-order valence-electron chi connectivity index (χ3n) is 3.47. The second-order valence-corrected chi connectivity index (χ2v) is 5.22. The molecule has 2 N–H and O–H groups in total. The van der Waals surface area contributed by atoms with E-state index in [0.29, 0.717) is 5.69 Å². The summed E-state index contributed by atoms with van der Waals surface area (Å²) in [6.07, 6.45) is 1.03. The van der Waals surface area contributed by atoms with Crippen LogP contribution in [-0.2, 0) is 6.61 Å². The normalized spacial score (nSPS) is 10.2. The Balaban J connectivity index is 1.71. The molecule has 0 saturated heterocycles. The second kappa shape index (κ2) is 7.35. The van der Waals surface area contributed by atoms with E-state index in [4.69, 9.17) is 14.3 Å². The smallest absolute Gasteiger partial charge is 0.338 e. The van der Waals surface area contributed by atoms with Crippen LogP contribution in [0.25, 0.3) is 0 Å². The molecular formula is C19H15NO5. The largest absolute Gasteiger partial charge is 0.489 e. The molecular weight excluding hydrogens is 322 g/mol. The van der Waals surface area contributed by atoms with E-state index in [1.165, 1.54) is 6.07 Å². The molecule has 2 aromatic carbocycles. The Morgan fingerprint density at radius 1 is 1.04 bits per heavy atom. The van der Waals surface area contributed by atoms with Gasteiger partial charge >= 0.3 is 5.97 Å². The van der Waals surface area contributed by atoms with Crippen molar-refractivity contribution in [1.29, 1.82) is 0 Å². The highest BCUT2D eigenvalue weighted by Gasteiger charge is 2.16. The molecule has 0 fully saturated rings. The molecule has 6 nitrogen and oxygen atoms in total. The fraction of sp³-hybridized carbons (Fsp3) is 0.0526. The zero-order valence-electron chi connectivity index (χ0n) is 13.1. The average Bonchev–Trinajstić information content (AvgIpc) is 3.12. The zero-order chi connectivity index (χ0) is 17.6. The molecule has 3 rings (SSSR count). The van der Waals surface area contributed by atoms with Gasteiger partial charge in [0.1, 0.15) is 18.6 Å². The lowest BCUT2D eigenvalue weighted by Gasteiger charge is -2.11. The lowest BCUT2D eigenvalue weighted by atomic mass is 10.2. The molecule has 0 aliphatic rings. The first-order valence-corrected chi connectivity index (χ1v) is 7.52. The minimum atomic E-state index is -1.15. The summed E-state index contributed by atoms with van der Waals surface area (Å²) in [6.45, 7) is 0.277. The number of para-hydroxylation sites is 2. The number of carbonyl (C=O) groups is 2. The maximum Gasteiger partial charge on any atom is 0.338 e. The van der Waals surface area contributed by atoms with E-state index < -0.39 is 11.9 Å². The van der Waals surface area contributed by atoms with Crippen LogP contribution >= 0.6 is 0 Å². The molecule has 1 aromatic heterocycles. The summed E-state index contributed by atoms with van der Waals surface area (Å²) >= 11 is 0. The molecule has 0 bridgehead atoms. The van der Waals surface area contributed by atoms with Crippen LogP contribution in [0.4, 0.5) is 5.69 Å². The van der Waals surface area contributed by atoms with E-state index in [-0.39, 0.29) is 17.9 Å². The number of furan rings is 1. The van der Waals surface area contributed by atoms with Gasteiger partial charge in [-0.15, -0.1) is 0 Å². The van der Waals surface area contributed by atoms with Crippen molar-refractivity contribution in [3.8, 4) is 5.75 Å². The van der Waals surface area contributed by atoms with Gasteiger partial charge in [-0.2, -0.15) is 0 Å². The van der Waals surface area contributed by atoms with Crippen LogP contribution in [0.5, 0.6) is 5.75 Å². The van der Waals surface area contributed by atoms with Gasteiger partial charge in [0, 0.05) is 17.3 Å². The fourth-order valence-electron chi connectivity index (χ4n) is 2.20. The van der Waals surface area contributed by atoms with Crippen LogP contribution < -0.4 is 10.1 Å². The fourth-order valence-corrected chi connectivity index (χ4v) is 2.20. The number of amides is 1. The summed E-state index contributed by atoms with van der Waals surface area (Å²) in [6, 6.07) is 17.7. The number of aromatic carboxylic acids is 1. The van der Waals surface area contributed by atoms with Crippen LogP contribution in [0.1, 0.15) is 26.5 Å². The zero-order valence-corrected chi connectivity index (χ0v) is 13.1. The van der Waals surface area contributed by atoms with Gasteiger partial charge in [0.25, 0.3) is 5.91 Å². The first-order valence-electron chi connectivity index (χ1n) is 7.52. The van der Waals surface area contributed by atoms with Crippen molar-refractivity contribution in [3.63, 3.8) is 0 Å². The minimum Gasteiger partial charge on any atom is -0.489 e. The minimum absolute atomic E-state index is 0.0730. The van der Waals surface area contributed by atoms with E-state index in [1.54, 1.807) is 12.1 Å². The van der Waals surface area contributed by atoms with Crippen LogP contribution in [0, 0.1) is 0 Å². The van der Waals surface area contributed by atoms with Crippen molar-refractivity contribution >= 4 is 17.6 Å². The van der Waals surface area contributed by atoms with E-state index in [1.807, 2.05) is 42.5 Å². The number of rotatable bonds is 6. The summed E-state index contributed by atoms with van der Waals surface area (Å²) in [4.78, 5) is 23.1. The van der Waals surface area contributed by atoms with Gasteiger partial charge in [0.05, 0.1) is 5.56 Å². The molecule has 0 saturated carbocycles. The van der Waals surface area contributed by atoms with Gasteiger partial charge < -0.3 is 19.6 Å². The van der Waals surface area contributed by atoms with E-state index in [9.17, 15) is 9.59 Å². The molecule has 1 amide bonds. The van der Waals surface area contributed by atoms with Gasteiger partial charge in [0.2, 0.25) is 0 Å². The predicted octanol–water partition coefficient (Wildman–Crippen LogP) is 3.81. The molecule has 0 atom stereocenters. The summed E-state index contributed by atoms with van der Waals surface area (Å²) in [7, 11) is 0. The summed E-state index contributed by atoms with van der Waals surface area (Å²) < 4.78 is 10.7. The summed E-state index contributed by atoms with van der Waals surface area (Å²) in [5, 5.41) is 11.6. The number of hydrogen-bond acceptors (Lipinski definition) is 4. The van der Waals surface area contributed by atoms with Crippen LogP contribution in [0.2, 0.25) is 0 Å². The number of carboxylic acids is 1. The topological polar surface area (TPSA) is 88.8 Å². The maximum atomic E-state index is 12.2. The highest BCUT2D eigenvalue weighted by Crippen LogP contribution is 2.20. The molecule has 0 aliphatic heterocycles. The Morgan fingerprint density at radius 2 is 1.76 bits per heavy atom. The van der Waals surface area contributed by atoms with Crippen LogP contribution in [0.3, 0.4) is 0 Å². The molecule has 0 aliphatic carbocycles. The van der Waals surface area contributed by atoms with Gasteiger partial charge in [0.15, 0.2) is 5.76 Å². The number of carbonyl (C=O) groups excluding carboxylic acids is 1. The average molecular weight is 337 g/mol. The monoisotopic (exact) mass is 337 g/mol. The Morgan fingerprint density at radius 3 is 2.48 bits per heavy atom. The molecule has 0 unspecified atom stereocenters. The lowest BCUT2D eigenvalue weighted by molar-refractivity contribution is 0.0696. The third kappa shape index (κ3) is 4.06. The number of benzene rings is 2. The summed E-state index contributed by atoms with van der Waals surface area (Å²) in [5.41, 5.74) is 1.27. The van der Waals surface area contributed by atoms with E-state index in [2.05, 4.69) is 5.32 Å². The maximum absolute atomic E-state index is 12.2. The molecule has 0 spiro atoms. The molecule has 0 radical (unpaired) electrons. The van der Waals surface area contributed by atoms with E-state index in [0.717, 1.165) is 17.6 Å². The number of nitrogens with one attached hydrogen (secondary N) is 1. The second-order valence-electron chi connectivity index (χ2n) is 5.22. The predicted molar refractivity (Wildman–Crippen MR) is 90.8 cm³/mol. The third-order valence-corrected chi connectivity index (χ3v) is 3.47. The van der Waals surface area contributed by atoms with E-state index >= 15 is 0 Å². The molecule has 25 heavy (non-hydrogen) atoms. The summed E-state index contributed by atoms with van der Waals surface area (Å²) in [5.74, 6) is -1.03. The Bertz CT molecular complexity index is 886. The van der Waals surface area contributed by atoms with Crippen LogP contribution in [0.15, 0.2) is 71.3 Å². The van der Waals surface area contributed by atoms with Crippen molar-refractivity contribution < 1.29 is 23.8 Å². The van der Waals surface area contributed by atoms with Crippen molar-refractivity contribution in [1.82, 2.24) is 0 Å². The van der Waals surface area contributed by atoms with Gasteiger partial charge in [-0.25, -0.2) is 4.79 Å². The van der Waals surface area contributed by atoms with Crippen LogP contribution in [-0.4, -0.2) is 17.0 Å². The van der Waals surface area contributed by atoms with Gasteiger partial charge in [-0.05, 0) is 18.2 Å². The first-order chi connectivity index (χ1) is 12.1. The standard InChI is InChI=1S/C19H15NO5/c21-18(17-10-14(12-25-17)19(22)23)20-16-9-5-4-6-13(16)11-24-15-7-2-1-3-8-15/h1-10,12H,11H2,(H,20,21)(H,22,23).